The summed E-state index contributed by atoms with van der Waals surface area (Å²) >= 11 is 1.50. The first-order valence-corrected chi connectivity index (χ1v) is 12.0. The van der Waals surface area contributed by atoms with Crippen molar-refractivity contribution in [3.8, 4) is 0 Å². The van der Waals surface area contributed by atoms with Gasteiger partial charge in [0.25, 0.3) is 0 Å². The third-order valence-corrected chi connectivity index (χ3v) is 8.46. The van der Waals surface area contributed by atoms with Crippen molar-refractivity contribution in [2.24, 2.45) is 0 Å². The number of rotatable bonds is 8. The number of hydrogen-bond acceptors (Lipinski definition) is 6. The lowest BCUT2D eigenvalue weighted by Gasteiger charge is -2.33. The summed E-state index contributed by atoms with van der Waals surface area (Å²) < 4.78 is 49.5. The normalized spacial score (nSPS) is 25.1. The molecule has 0 aromatic heterocycles. The molecule has 1 unspecified atom stereocenters. The van der Waals surface area contributed by atoms with Crippen LogP contribution >= 0.6 is 11.8 Å². The summed E-state index contributed by atoms with van der Waals surface area (Å²) in [7, 11) is -6.87. The topological polar surface area (TPSA) is 83.6 Å². The van der Waals surface area contributed by atoms with E-state index in [1.54, 1.807) is 0 Å². The molecule has 2 fully saturated rings. The average Bonchev–Trinajstić information content (AvgIpc) is 3.21. The van der Waals surface area contributed by atoms with Crippen LogP contribution in [0.25, 0.3) is 0 Å². The van der Waals surface area contributed by atoms with Gasteiger partial charge in [-0.3, -0.25) is 0 Å². The summed E-state index contributed by atoms with van der Waals surface area (Å²) in [6, 6.07) is 0.635. The van der Waals surface area contributed by atoms with Gasteiger partial charge in [0.1, 0.15) is 5.37 Å². The van der Waals surface area contributed by atoms with E-state index in [0.717, 1.165) is 19.2 Å². The van der Waals surface area contributed by atoms with E-state index in [2.05, 4.69) is 5.32 Å². The van der Waals surface area contributed by atoms with Crippen LogP contribution in [0.5, 0.6) is 0 Å². The Hall–Kier alpha value is 0.170. The number of unbranched alkanes of at least 4 members (excludes halogenated alkanes) is 1. The maximum Gasteiger partial charge on any atom is 0.215 e. The maximum absolute atomic E-state index is 12.4. The van der Waals surface area contributed by atoms with E-state index in [4.69, 9.17) is 0 Å². The predicted molar refractivity (Wildman–Crippen MR) is 86.7 cm³/mol. The van der Waals surface area contributed by atoms with E-state index >= 15 is 0 Å². The third kappa shape index (κ3) is 5.38. The lowest BCUT2D eigenvalue weighted by atomic mass is 10.3. The Balaban J connectivity index is 1.86. The van der Waals surface area contributed by atoms with Crippen molar-refractivity contribution in [1.82, 2.24) is 9.62 Å². The molecule has 6 nitrogen and oxygen atoms in total. The number of nitrogens with zero attached hydrogens (tertiary/aromatic N) is 1. The van der Waals surface area contributed by atoms with Gasteiger partial charge in [-0.05, 0) is 32.2 Å². The van der Waals surface area contributed by atoms with Crippen LogP contribution in [0.1, 0.15) is 25.7 Å². The Kier molecular flexibility index (Phi) is 5.98. The summed E-state index contributed by atoms with van der Waals surface area (Å²) in [6.07, 6.45) is 4.94. The molecule has 21 heavy (non-hydrogen) atoms. The first kappa shape index (κ1) is 17.5. The van der Waals surface area contributed by atoms with Gasteiger partial charge in [-0.25, -0.2) is 16.8 Å². The molecular formula is C12H24N2O4S3. The Morgan fingerprint density at radius 2 is 1.90 bits per heavy atom. The average molecular weight is 357 g/mol. The molecule has 1 aliphatic carbocycles. The van der Waals surface area contributed by atoms with Gasteiger partial charge < -0.3 is 5.32 Å². The zero-order valence-corrected chi connectivity index (χ0v) is 14.8. The van der Waals surface area contributed by atoms with Crippen molar-refractivity contribution >= 4 is 31.6 Å². The first-order chi connectivity index (χ1) is 9.81. The number of hydrogen-bond donors (Lipinski definition) is 1. The van der Waals surface area contributed by atoms with E-state index < -0.39 is 25.2 Å². The fourth-order valence-electron chi connectivity index (χ4n) is 2.34. The van der Waals surface area contributed by atoms with Crippen molar-refractivity contribution < 1.29 is 16.8 Å². The van der Waals surface area contributed by atoms with Gasteiger partial charge in [-0.2, -0.15) is 16.1 Å². The molecule has 0 spiro atoms. The molecule has 2 rings (SSSR count). The van der Waals surface area contributed by atoms with E-state index in [-0.39, 0.29) is 5.75 Å². The van der Waals surface area contributed by atoms with E-state index in [1.807, 2.05) is 0 Å². The minimum absolute atomic E-state index is 0.0377. The molecule has 0 aromatic rings. The molecule has 0 amide bonds. The van der Waals surface area contributed by atoms with Gasteiger partial charge in [-0.1, -0.05) is 0 Å². The molecule has 1 heterocycles. The molecule has 9 heteroatoms. The molecule has 124 valence electrons. The predicted octanol–water partition coefficient (Wildman–Crippen LogP) is 0.268. The highest BCUT2D eigenvalue weighted by atomic mass is 32.2. The second-order valence-corrected chi connectivity index (χ2v) is 11.1. The van der Waals surface area contributed by atoms with Crippen LogP contribution in [0.4, 0.5) is 0 Å². The number of sulfonamides is 1. The van der Waals surface area contributed by atoms with Gasteiger partial charge in [0.2, 0.25) is 10.0 Å². The SMILES string of the molecule is CS(=O)(=O)C1CSCCN1S(=O)(=O)CCCCNC1CC1. The second-order valence-electron chi connectivity index (χ2n) is 5.72. The molecule has 2 aliphatic rings. The fourth-order valence-corrected chi connectivity index (χ4v) is 7.70. The van der Waals surface area contributed by atoms with Crippen molar-refractivity contribution in [2.75, 3.05) is 36.6 Å². The molecule has 0 radical (unpaired) electrons. The van der Waals surface area contributed by atoms with Crippen molar-refractivity contribution in [1.29, 1.82) is 0 Å². The van der Waals surface area contributed by atoms with Crippen LogP contribution in [0.3, 0.4) is 0 Å². The Morgan fingerprint density at radius 3 is 2.52 bits per heavy atom. The minimum Gasteiger partial charge on any atom is -0.314 e. The van der Waals surface area contributed by atoms with Crippen LogP contribution in [-0.2, 0) is 19.9 Å². The van der Waals surface area contributed by atoms with Crippen molar-refractivity contribution in [3.05, 3.63) is 0 Å². The van der Waals surface area contributed by atoms with Gasteiger partial charge in [-0.15, -0.1) is 0 Å². The molecule has 1 N–H and O–H groups in total. The zero-order chi connectivity index (χ0) is 15.5. The van der Waals surface area contributed by atoms with Gasteiger partial charge >= 0.3 is 0 Å². The Labute approximate surface area is 132 Å². The fraction of sp³-hybridized carbons (Fsp3) is 1.00. The number of thioether (sulfide) groups is 1. The van der Waals surface area contributed by atoms with Crippen LogP contribution in [-0.4, -0.2) is 69.2 Å². The molecular weight excluding hydrogens is 332 g/mol. The Morgan fingerprint density at radius 1 is 1.19 bits per heavy atom. The number of sulfone groups is 1. The molecule has 1 aliphatic heterocycles. The monoisotopic (exact) mass is 356 g/mol. The van der Waals surface area contributed by atoms with Gasteiger partial charge in [0.15, 0.2) is 9.84 Å². The van der Waals surface area contributed by atoms with E-state index in [1.165, 1.54) is 28.9 Å². The smallest absolute Gasteiger partial charge is 0.215 e. The van der Waals surface area contributed by atoms with Crippen molar-refractivity contribution in [3.63, 3.8) is 0 Å². The molecule has 0 bridgehead atoms. The highest BCUT2D eigenvalue weighted by Crippen LogP contribution is 2.24. The van der Waals surface area contributed by atoms with Crippen molar-refractivity contribution in [2.45, 2.75) is 37.1 Å². The maximum atomic E-state index is 12.4. The third-order valence-electron chi connectivity index (χ3n) is 3.73. The lowest BCUT2D eigenvalue weighted by molar-refractivity contribution is 0.403. The van der Waals surface area contributed by atoms with Gasteiger partial charge in [0.05, 0.1) is 5.75 Å². The molecule has 0 aromatic carbocycles. The first-order valence-electron chi connectivity index (χ1n) is 7.30. The molecule has 1 atom stereocenters. The van der Waals surface area contributed by atoms with Crippen LogP contribution in [0.15, 0.2) is 0 Å². The largest absolute Gasteiger partial charge is 0.314 e. The summed E-state index contributed by atoms with van der Waals surface area (Å²) in [6.45, 7) is 1.14. The summed E-state index contributed by atoms with van der Waals surface area (Å²) in [5, 5.41) is 2.45. The zero-order valence-electron chi connectivity index (χ0n) is 12.3. The highest BCUT2D eigenvalue weighted by molar-refractivity contribution is 8.01. The summed E-state index contributed by atoms with van der Waals surface area (Å²) in [4.78, 5) is 0. The van der Waals surface area contributed by atoms with E-state index in [0.29, 0.717) is 30.5 Å². The standard InChI is InChI=1S/C12H24N2O4S3/c1-20(15,16)12-10-19-8-7-14(12)21(17,18)9-3-2-6-13-11-4-5-11/h11-13H,2-10H2,1H3. The van der Waals surface area contributed by atoms with Crippen LogP contribution in [0.2, 0.25) is 0 Å². The quantitative estimate of drug-likeness (QED) is 0.629. The summed E-state index contributed by atoms with van der Waals surface area (Å²) in [5.41, 5.74) is 0. The second kappa shape index (κ2) is 7.16. The summed E-state index contributed by atoms with van der Waals surface area (Å²) in [5.74, 6) is 1.03. The molecule has 1 saturated carbocycles. The van der Waals surface area contributed by atoms with Gasteiger partial charge in [0, 0.05) is 30.3 Å². The van der Waals surface area contributed by atoms with Crippen LogP contribution in [0, 0.1) is 0 Å². The Bertz CT molecular complexity index is 543. The molecule has 1 saturated heterocycles. The van der Waals surface area contributed by atoms with E-state index in [9.17, 15) is 16.8 Å². The minimum atomic E-state index is -3.49. The lowest BCUT2D eigenvalue weighted by Crippen LogP contribution is -2.50. The number of nitrogens with one attached hydrogen (secondary N) is 1. The van der Waals surface area contributed by atoms with Crippen LogP contribution < -0.4 is 5.32 Å². The highest BCUT2D eigenvalue weighted by Gasteiger charge is 2.38.